The number of hydrogen-bond acceptors (Lipinski definition) is 5. The van der Waals surface area contributed by atoms with Crippen molar-refractivity contribution < 1.29 is 14.2 Å². The Morgan fingerprint density at radius 3 is 2.80 bits per heavy atom. The molecule has 0 aromatic heterocycles. The summed E-state index contributed by atoms with van der Waals surface area (Å²) in [6.07, 6.45) is 0.891. The van der Waals surface area contributed by atoms with Gasteiger partial charge in [-0.05, 0) is 30.7 Å². The van der Waals surface area contributed by atoms with Gasteiger partial charge in [0.2, 0.25) is 12.5 Å². The predicted molar refractivity (Wildman–Crippen MR) is 93.0 cm³/mol. The lowest BCUT2D eigenvalue weighted by atomic mass is 9.81. The molecule has 0 aliphatic carbocycles. The van der Waals surface area contributed by atoms with E-state index >= 15 is 0 Å². The molecule has 2 aliphatic heterocycles. The van der Waals surface area contributed by atoms with Gasteiger partial charge in [-0.1, -0.05) is 30.3 Å². The van der Waals surface area contributed by atoms with Gasteiger partial charge >= 0.3 is 0 Å². The van der Waals surface area contributed by atoms with Crippen molar-refractivity contribution in [1.29, 1.82) is 5.26 Å². The Morgan fingerprint density at radius 1 is 1.28 bits per heavy atom. The second-order valence-electron chi connectivity index (χ2n) is 6.41. The van der Waals surface area contributed by atoms with E-state index in [-0.39, 0.29) is 18.8 Å². The molecule has 5 heteroatoms. The highest BCUT2D eigenvalue weighted by Crippen LogP contribution is 2.52. The molecule has 2 aliphatic rings. The third kappa shape index (κ3) is 2.50. The first-order chi connectivity index (χ1) is 12.2. The molecule has 0 radical (unpaired) electrons. The van der Waals surface area contributed by atoms with Gasteiger partial charge in [0, 0.05) is 12.1 Å². The molecule has 25 heavy (non-hydrogen) atoms. The van der Waals surface area contributed by atoms with Crippen LogP contribution in [0, 0.1) is 11.3 Å². The fourth-order valence-electron chi connectivity index (χ4n) is 3.88. The van der Waals surface area contributed by atoms with Crippen molar-refractivity contribution in [2.24, 2.45) is 0 Å². The van der Waals surface area contributed by atoms with Crippen molar-refractivity contribution >= 4 is 0 Å². The Kier molecular flexibility index (Phi) is 3.98. The summed E-state index contributed by atoms with van der Waals surface area (Å²) in [5.41, 5.74) is 3.21. The lowest BCUT2D eigenvalue weighted by Gasteiger charge is -2.38. The van der Waals surface area contributed by atoms with E-state index < -0.39 is 0 Å². The summed E-state index contributed by atoms with van der Waals surface area (Å²) in [4.78, 5) is 2.23. The molecule has 0 saturated heterocycles. The number of fused-ring (bicyclic) bond motifs is 2. The van der Waals surface area contributed by atoms with Crippen LogP contribution in [0.3, 0.4) is 0 Å². The third-order valence-corrected chi connectivity index (χ3v) is 5.07. The van der Waals surface area contributed by atoms with Gasteiger partial charge in [-0.25, -0.2) is 0 Å². The smallest absolute Gasteiger partial charge is 0.231 e. The molecule has 128 valence electrons. The number of benzene rings is 2. The van der Waals surface area contributed by atoms with Crippen LogP contribution in [0.5, 0.6) is 17.2 Å². The van der Waals surface area contributed by atoms with E-state index in [4.69, 9.17) is 14.2 Å². The third-order valence-electron chi connectivity index (χ3n) is 5.07. The van der Waals surface area contributed by atoms with E-state index in [0.29, 0.717) is 11.5 Å². The minimum Gasteiger partial charge on any atom is -0.492 e. The van der Waals surface area contributed by atoms with E-state index in [9.17, 15) is 5.26 Å². The summed E-state index contributed by atoms with van der Waals surface area (Å²) >= 11 is 0. The SMILES string of the molecule is COc1c2c(cc3c1[C@H]([C@@H](C#N)c1ccccc1)N(C)CC3)OCO2. The first-order valence-electron chi connectivity index (χ1n) is 8.38. The number of hydrogen-bond donors (Lipinski definition) is 0. The molecule has 2 atom stereocenters. The van der Waals surface area contributed by atoms with E-state index in [1.165, 1.54) is 5.56 Å². The average Bonchev–Trinajstić information content (AvgIpc) is 3.11. The van der Waals surface area contributed by atoms with Gasteiger partial charge in [0.1, 0.15) is 0 Å². The summed E-state index contributed by atoms with van der Waals surface area (Å²) in [5, 5.41) is 9.96. The van der Waals surface area contributed by atoms with Crippen LogP contribution in [0.25, 0.3) is 0 Å². The zero-order chi connectivity index (χ0) is 17.4. The zero-order valence-electron chi connectivity index (χ0n) is 14.4. The second kappa shape index (κ2) is 6.30. The first kappa shape index (κ1) is 15.8. The van der Waals surface area contributed by atoms with Crippen LogP contribution < -0.4 is 14.2 Å². The molecule has 0 bridgehead atoms. The van der Waals surface area contributed by atoms with Crippen molar-refractivity contribution in [2.75, 3.05) is 27.5 Å². The summed E-state index contributed by atoms with van der Waals surface area (Å²) < 4.78 is 16.9. The maximum atomic E-state index is 9.96. The Bertz CT molecular complexity index is 829. The van der Waals surface area contributed by atoms with E-state index in [2.05, 4.69) is 18.0 Å². The molecule has 0 unspecified atom stereocenters. The lowest BCUT2D eigenvalue weighted by molar-refractivity contribution is 0.170. The fourth-order valence-corrected chi connectivity index (χ4v) is 3.88. The van der Waals surface area contributed by atoms with Gasteiger partial charge in [-0.3, -0.25) is 4.90 Å². The molecule has 0 amide bonds. The maximum Gasteiger partial charge on any atom is 0.231 e. The number of methoxy groups -OCH3 is 1. The molecule has 0 N–H and O–H groups in total. The summed E-state index contributed by atoms with van der Waals surface area (Å²) in [7, 11) is 3.71. The van der Waals surface area contributed by atoms with Crippen molar-refractivity contribution in [1.82, 2.24) is 4.90 Å². The van der Waals surface area contributed by atoms with Crippen molar-refractivity contribution in [3.8, 4) is 23.3 Å². The van der Waals surface area contributed by atoms with Gasteiger partial charge in [0.05, 0.1) is 25.1 Å². The van der Waals surface area contributed by atoms with E-state index in [1.54, 1.807) is 7.11 Å². The molecule has 5 nitrogen and oxygen atoms in total. The molecule has 0 saturated carbocycles. The highest BCUT2D eigenvalue weighted by Gasteiger charge is 2.38. The topological polar surface area (TPSA) is 54.7 Å². The maximum absolute atomic E-state index is 9.96. The van der Waals surface area contributed by atoms with Gasteiger partial charge in [0.15, 0.2) is 11.5 Å². The Morgan fingerprint density at radius 2 is 2.08 bits per heavy atom. The molecule has 4 rings (SSSR count). The Balaban J connectivity index is 1.89. The first-order valence-corrected chi connectivity index (χ1v) is 8.38. The number of likely N-dealkylation sites (N-methyl/N-ethyl adjacent to an activating group) is 1. The summed E-state index contributed by atoms with van der Waals surface area (Å²) in [5.74, 6) is 1.77. The molecule has 2 heterocycles. The normalized spacial score (nSPS) is 19.8. The minimum atomic E-state index is -0.292. The highest BCUT2D eigenvalue weighted by molar-refractivity contribution is 5.62. The van der Waals surface area contributed by atoms with E-state index in [1.807, 2.05) is 36.4 Å². The molecule has 2 aromatic rings. The number of rotatable bonds is 3. The summed E-state index contributed by atoms with van der Waals surface area (Å²) in [6.45, 7) is 1.08. The zero-order valence-corrected chi connectivity index (χ0v) is 14.4. The van der Waals surface area contributed by atoms with E-state index in [0.717, 1.165) is 29.8 Å². The van der Waals surface area contributed by atoms with Crippen LogP contribution >= 0.6 is 0 Å². The largest absolute Gasteiger partial charge is 0.492 e. The Hall–Kier alpha value is -2.71. The van der Waals surface area contributed by atoms with Gasteiger partial charge in [0.25, 0.3) is 0 Å². The number of ether oxygens (including phenoxy) is 3. The van der Waals surface area contributed by atoms with Crippen molar-refractivity contribution in [3.05, 3.63) is 53.1 Å². The molecule has 2 aromatic carbocycles. The number of nitrogens with zero attached hydrogens (tertiary/aromatic N) is 2. The quantitative estimate of drug-likeness (QED) is 0.861. The monoisotopic (exact) mass is 336 g/mol. The molecule has 0 spiro atoms. The van der Waals surface area contributed by atoms with Crippen LogP contribution in [0.4, 0.5) is 0 Å². The minimum absolute atomic E-state index is 0.0967. The average molecular weight is 336 g/mol. The number of nitriles is 1. The lowest BCUT2D eigenvalue weighted by Crippen LogP contribution is -2.36. The molecular weight excluding hydrogens is 316 g/mol. The van der Waals surface area contributed by atoms with Gasteiger partial charge < -0.3 is 14.2 Å². The summed E-state index contributed by atoms with van der Waals surface area (Å²) in [6, 6.07) is 14.4. The van der Waals surface area contributed by atoms with Crippen LogP contribution in [0.2, 0.25) is 0 Å². The van der Waals surface area contributed by atoms with Gasteiger partial charge in [-0.15, -0.1) is 0 Å². The van der Waals surface area contributed by atoms with Crippen LogP contribution in [0.1, 0.15) is 28.7 Å². The van der Waals surface area contributed by atoms with Crippen LogP contribution in [-0.4, -0.2) is 32.4 Å². The van der Waals surface area contributed by atoms with Gasteiger partial charge in [-0.2, -0.15) is 5.26 Å². The molecular formula is C20H20N2O3. The van der Waals surface area contributed by atoms with Crippen LogP contribution in [-0.2, 0) is 6.42 Å². The van der Waals surface area contributed by atoms with Crippen molar-refractivity contribution in [3.63, 3.8) is 0 Å². The van der Waals surface area contributed by atoms with Crippen molar-refractivity contribution in [2.45, 2.75) is 18.4 Å². The molecule has 0 fully saturated rings. The second-order valence-corrected chi connectivity index (χ2v) is 6.41. The fraction of sp³-hybridized carbons (Fsp3) is 0.350. The Labute approximate surface area is 147 Å². The van der Waals surface area contributed by atoms with Crippen LogP contribution in [0.15, 0.2) is 36.4 Å². The predicted octanol–water partition coefficient (Wildman–Crippen LogP) is 3.26. The standard InChI is InChI=1S/C20H20N2O3/c1-22-9-8-14-10-16-19(25-12-24-16)20(23-2)17(14)18(22)15(11-21)13-6-4-3-5-7-13/h3-7,10,15,18H,8-9,12H2,1-2H3/t15-,18-/m0/s1. The highest BCUT2D eigenvalue weighted by atomic mass is 16.7.